The van der Waals surface area contributed by atoms with Crippen LogP contribution in [0.2, 0.25) is 10.0 Å². The van der Waals surface area contributed by atoms with Crippen molar-refractivity contribution in [3.8, 4) is 0 Å². The van der Waals surface area contributed by atoms with Crippen LogP contribution in [0.15, 0.2) is 23.1 Å². The minimum absolute atomic E-state index is 0.00928. The highest BCUT2D eigenvalue weighted by molar-refractivity contribution is 7.89. The Balaban J connectivity index is 2.15. The molecule has 1 aromatic carbocycles. The van der Waals surface area contributed by atoms with Crippen molar-refractivity contribution in [1.29, 1.82) is 0 Å². The van der Waals surface area contributed by atoms with Crippen LogP contribution in [0, 0.1) is 0 Å². The van der Waals surface area contributed by atoms with Crippen molar-refractivity contribution in [2.45, 2.75) is 4.90 Å². The first-order chi connectivity index (χ1) is 9.82. The summed E-state index contributed by atoms with van der Waals surface area (Å²) in [4.78, 5) is 11.9. The highest BCUT2D eigenvalue weighted by atomic mass is 35.5. The molecule has 3 N–H and O–H groups in total. The largest absolute Gasteiger partial charge is 0.365 e. The van der Waals surface area contributed by atoms with Crippen LogP contribution in [0.1, 0.15) is 0 Å². The smallest absolute Gasteiger partial charge is 0.272 e. The standard InChI is InChI=1S/C12H15Cl2N3O3S/c13-9-2-1-3-10(12(9)14)21(19,20)17-6-4-16(5-7-17)8-11(15)18/h1-3H,4-8H2,(H2,15,18)/p+1. The molecule has 0 bridgehead atoms. The van der Waals surface area contributed by atoms with Gasteiger partial charge in [0, 0.05) is 0 Å². The van der Waals surface area contributed by atoms with Crippen molar-refractivity contribution in [3.63, 3.8) is 0 Å². The second-order valence-corrected chi connectivity index (χ2v) is 7.54. The summed E-state index contributed by atoms with van der Waals surface area (Å²) in [7, 11) is -3.68. The number of halogens is 2. The Labute approximate surface area is 133 Å². The molecule has 6 nitrogen and oxygen atoms in total. The minimum Gasteiger partial charge on any atom is -0.365 e. The van der Waals surface area contributed by atoms with Gasteiger partial charge in [-0.1, -0.05) is 29.3 Å². The molecule has 0 saturated carbocycles. The van der Waals surface area contributed by atoms with E-state index >= 15 is 0 Å². The van der Waals surface area contributed by atoms with Crippen LogP contribution >= 0.6 is 23.2 Å². The molecule has 1 aliphatic rings. The third-order valence-electron chi connectivity index (χ3n) is 3.39. The molecule has 2 rings (SSSR count). The molecule has 1 amide bonds. The molecule has 0 aliphatic carbocycles. The predicted octanol–water partition coefficient (Wildman–Crippen LogP) is -0.632. The van der Waals surface area contributed by atoms with Crippen LogP contribution in [0.25, 0.3) is 0 Å². The number of amides is 1. The summed E-state index contributed by atoms with van der Waals surface area (Å²) in [6.07, 6.45) is 0. The van der Waals surface area contributed by atoms with Gasteiger partial charge in [-0.3, -0.25) is 4.79 Å². The first-order valence-electron chi connectivity index (χ1n) is 6.38. The number of sulfonamides is 1. The van der Waals surface area contributed by atoms with Gasteiger partial charge < -0.3 is 10.6 Å². The molecule has 21 heavy (non-hydrogen) atoms. The number of primary amides is 1. The highest BCUT2D eigenvalue weighted by Crippen LogP contribution is 2.30. The number of nitrogens with zero attached hydrogens (tertiary/aromatic N) is 1. The number of quaternary nitrogens is 1. The van der Waals surface area contributed by atoms with E-state index in [1.165, 1.54) is 16.4 Å². The molecule has 116 valence electrons. The fraction of sp³-hybridized carbons (Fsp3) is 0.417. The SMILES string of the molecule is NC(=O)C[NH+]1CCN(S(=O)(=O)c2cccc(Cl)c2Cl)CC1. The number of nitrogens with one attached hydrogen (secondary N) is 1. The summed E-state index contributed by atoms with van der Waals surface area (Å²) in [5, 5.41) is 0.238. The normalized spacial score (nSPS) is 17.8. The van der Waals surface area contributed by atoms with Crippen LogP contribution < -0.4 is 10.6 Å². The van der Waals surface area contributed by atoms with Gasteiger partial charge in [0.15, 0.2) is 6.54 Å². The molecule has 0 spiro atoms. The quantitative estimate of drug-likeness (QED) is 0.756. The van der Waals surface area contributed by atoms with Gasteiger partial charge in [-0.25, -0.2) is 8.42 Å². The Hall–Kier alpha value is -0.860. The van der Waals surface area contributed by atoms with Crippen molar-refractivity contribution in [2.75, 3.05) is 32.7 Å². The van der Waals surface area contributed by atoms with Gasteiger partial charge in [-0.2, -0.15) is 4.31 Å². The molecule has 1 heterocycles. The molecule has 0 unspecified atom stereocenters. The molecule has 0 atom stereocenters. The van der Waals surface area contributed by atoms with Crippen molar-refractivity contribution >= 4 is 39.1 Å². The molecule has 1 aliphatic heterocycles. The van der Waals surface area contributed by atoms with E-state index in [0.29, 0.717) is 26.2 Å². The number of rotatable bonds is 4. The van der Waals surface area contributed by atoms with Crippen LogP contribution in [0.5, 0.6) is 0 Å². The number of nitrogens with two attached hydrogens (primary N) is 1. The Morgan fingerprint density at radius 2 is 1.90 bits per heavy atom. The van der Waals surface area contributed by atoms with Crippen molar-refractivity contribution in [1.82, 2.24) is 4.31 Å². The molecule has 9 heteroatoms. The fourth-order valence-electron chi connectivity index (χ4n) is 2.29. The van der Waals surface area contributed by atoms with E-state index in [1.54, 1.807) is 6.07 Å². The molecule has 1 fully saturated rings. The molecule has 1 aromatic rings. The lowest BCUT2D eigenvalue weighted by Crippen LogP contribution is -3.15. The zero-order valence-electron chi connectivity index (χ0n) is 11.2. The van der Waals surface area contributed by atoms with Gasteiger partial charge in [0.25, 0.3) is 5.91 Å². The number of hydrogen-bond acceptors (Lipinski definition) is 3. The van der Waals surface area contributed by atoms with Gasteiger partial charge in [-0.05, 0) is 12.1 Å². The van der Waals surface area contributed by atoms with E-state index in [-0.39, 0.29) is 27.4 Å². The van der Waals surface area contributed by atoms with E-state index in [1.807, 2.05) is 0 Å². The zero-order valence-corrected chi connectivity index (χ0v) is 13.5. The molecule has 0 aromatic heterocycles. The molecular weight excluding hydrogens is 337 g/mol. The van der Waals surface area contributed by atoms with Crippen molar-refractivity contribution in [2.24, 2.45) is 5.73 Å². The lowest BCUT2D eigenvalue weighted by molar-refractivity contribution is -0.895. The molecular formula is C12H16Cl2N3O3S+. The maximum absolute atomic E-state index is 12.6. The number of carbonyl (C=O) groups is 1. The van der Waals surface area contributed by atoms with E-state index in [0.717, 1.165) is 4.90 Å². The summed E-state index contributed by atoms with van der Waals surface area (Å²) >= 11 is 11.9. The molecule has 1 saturated heterocycles. The van der Waals surface area contributed by atoms with Gasteiger partial charge >= 0.3 is 0 Å². The summed E-state index contributed by atoms with van der Waals surface area (Å²) in [5.74, 6) is -0.390. The molecule has 0 radical (unpaired) electrons. The van der Waals surface area contributed by atoms with Crippen molar-refractivity contribution in [3.05, 3.63) is 28.2 Å². The highest BCUT2D eigenvalue weighted by Gasteiger charge is 2.32. The van der Waals surface area contributed by atoms with Gasteiger partial charge in [0.2, 0.25) is 10.0 Å². The topological polar surface area (TPSA) is 84.9 Å². The number of benzene rings is 1. The van der Waals surface area contributed by atoms with Gasteiger partial charge in [0.1, 0.15) is 4.90 Å². The van der Waals surface area contributed by atoms with Crippen molar-refractivity contribution < 1.29 is 18.1 Å². The van der Waals surface area contributed by atoms with E-state index < -0.39 is 10.0 Å². The fourth-order valence-corrected chi connectivity index (χ4v) is 4.47. The Bertz CT molecular complexity index is 643. The third kappa shape index (κ3) is 3.67. The number of piperazine rings is 1. The van der Waals surface area contributed by atoms with E-state index in [2.05, 4.69) is 0 Å². The summed E-state index contributed by atoms with van der Waals surface area (Å²) in [6.45, 7) is 1.90. The predicted molar refractivity (Wildman–Crippen MR) is 80.0 cm³/mol. The number of carbonyl (C=O) groups excluding carboxylic acids is 1. The number of hydrogen-bond donors (Lipinski definition) is 2. The first kappa shape index (κ1) is 16.5. The maximum Gasteiger partial charge on any atom is 0.272 e. The Kier molecular flexibility index (Phi) is 5.11. The average molecular weight is 353 g/mol. The van der Waals surface area contributed by atoms with Crippen LogP contribution in [-0.2, 0) is 14.8 Å². The Morgan fingerprint density at radius 1 is 1.29 bits per heavy atom. The lowest BCUT2D eigenvalue weighted by Gasteiger charge is -2.31. The lowest BCUT2D eigenvalue weighted by atomic mass is 10.3. The van der Waals surface area contributed by atoms with E-state index in [9.17, 15) is 13.2 Å². The van der Waals surface area contributed by atoms with Crippen LogP contribution in [0.3, 0.4) is 0 Å². The van der Waals surface area contributed by atoms with Gasteiger partial charge in [0.05, 0.1) is 36.2 Å². The summed E-state index contributed by atoms with van der Waals surface area (Å²) in [6, 6.07) is 4.53. The second-order valence-electron chi connectivity index (χ2n) is 4.85. The first-order valence-corrected chi connectivity index (χ1v) is 8.58. The summed E-state index contributed by atoms with van der Waals surface area (Å²) < 4.78 is 26.5. The van der Waals surface area contributed by atoms with E-state index in [4.69, 9.17) is 28.9 Å². The zero-order chi connectivity index (χ0) is 15.6. The third-order valence-corrected chi connectivity index (χ3v) is 6.26. The second kappa shape index (κ2) is 6.50. The van der Waals surface area contributed by atoms with Crippen LogP contribution in [0.4, 0.5) is 0 Å². The maximum atomic E-state index is 12.6. The summed E-state index contributed by atoms with van der Waals surface area (Å²) in [5.41, 5.74) is 5.15. The monoisotopic (exact) mass is 352 g/mol. The van der Waals surface area contributed by atoms with Gasteiger partial charge in [-0.15, -0.1) is 0 Å². The van der Waals surface area contributed by atoms with Crippen LogP contribution in [-0.4, -0.2) is 51.4 Å². The Morgan fingerprint density at radius 3 is 2.48 bits per heavy atom. The minimum atomic E-state index is -3.68. The average Bonchev–Trinajstić information content (AvgIpc) is 2.41.